The van der Waals surface area contributed by atoms with Gasteiger partial charge in [0.05, 0.1) is 22.0 Å². The molecule has 0 fully saturated rings. The smallest absolute Gasteiger partial charge is 0.338 e. The van der Waals surface area contributed by atoms with Crippen LogP contribution in [0.1, 0.15) is 17.3 Å². The highest BCUT2D eigenvalue weighted by molar-refractivity contribution is 9.10. The molecule has 0 bridgehead atoms. The summed E-state index contributed by atoms with van der Waals surface area (Å²) in [6.45, 7) is 2.27. The third-order valence-electron chi connectivity index (χ3n) is 3.56. The molecule has 2 aromatic rings. The van der Waals surface area contributed by atoms with E-state index in [1.165, 1.54) is 42.5 Å². The molecule has 0 spiro atoms. The van der Waals surface area contributed by atoms with Gasteiger partial charge in [-0.1, -0.05) is 0 Å². The van der Waals surface area contributed by atoms with Crippen molar-refractivity contribution in [3.05, 3.63) is 62.6 Å². The number of esters is 1. The summed E-state index contributed by atoms with van der Waals surface area (Å²) in [6, 6.07) is 9.88. The Morgan fingerprint density at radius 3 is 2.43 bits per heavy atom. The minimum Gasteiger partial charge on any atom is -0.462 e. The monoisotopic (exact) mass is 471 g/mol. The Labute approximate surface area is 170 Å². The largest absolute Gasteiger partial charge is 0.462 e. The molecule has 0 heterocycles. The van der Waals surface area contributed by atoms with E-state index in [9.17, 15) is 23.3 Å². The van der Waals surface area contributed by atoms with Crippen molar-refractivity contribution < 1.29 is 22.9 Å². The third kappa shape index (κ3) is 5.75. The number of anilines is 1. The molecule has 9 nitrogen and oxygen atoms in total. The molecule has 0 aliphatic carbocycles. The van der Waals surface area contributed by atoms with Gasteiger partial charge in [-0.3, -0.25) is 10.1 Å². The van der Waals surface area contributed by atoms with Crippen molar-refractivity contribution in [1.82, 2.24) is 4.72 Å². The lowest BCUT2D eigenvalue weighted by Crippen LogP contribution is -2.29. The molecule has 2 rings (SSSR count). The molecule has 0 aromatic heterocycles. The van der Waals surface area contributed by atoms with E-state index in [1.807, 2.05) is 0 Å². The van der Waals surface area contributed by atoms with Crippen molar-refractivity contribution in [2.45, 2.75) is 11.8 Å². The number of carbonyl (C=O) groups is 1. The number of hydrogen-bond donors (Lipinski definition) is 2. The topological polar surface area (TPSA) is 128 Å². The average Bonchev–Trinajstić information content (AvgIpc) is 2.65. The number of nitro benzene ring substituents is 1. The van der Waals surface area contributed by atoms with Gasteiger partial charge in [-0.25, -0.2) is 17.9 Å². The van der Waals surface area contributed by atoms with Crippen molar-refractivity contribution in [3.8, 4) is 0 Å². The first-order valence-electron chi connectivity index (χ1n) is 8.19. The zero-order chi connectivity index (χ0) is 20.7. The van der Waals surface area contributed by atoms with Crippen molar-refractivity contribution in [1.29, 1.82) is 0 Å². The van der Waals surface area contributed by atoms with Gasteiger partial charge in [0.1, 0.15) is 0 Å². The standard InChI is InChI=1S/C17H18BrN3O6S/c1-2-27-17(22)12-3-8-16(15(18)11-12)28(25,26)20-10-9-19-13-4-6-14(7-5-13)21(23)24/h3-8,11,19-20H,2,9-10H2,1H3. The van der Waals surface area contributed by atoms with Gasteiger partial charge >= 0.3 is 5.97 Å². The van der Waals surface area contributed by atoms with Crippen LogP contribution in [0.3, 0.4) is 0 Å². The van der Waals surface area contributed by atoms with Crippen LogP contribution in [0, 0.1) is 10.1 Å². The van der Waals surface area contributed by atoms with Gasteiger partial charge in [0.25, 0.3) is 5.69 Å². The highest BCUT2D eigenvalue weighted by Crippen LogP contribution is 2.23. The molecule has 0 saturated heterocycles. The van der Waals surface area contributed by atoms with E-state index in [0.29, 0.717) is 5.69 Å². The Hall–Kier alpha value is -2.50. The van der Waals surface area contributed by atoms with E-state index in [-0.39, 0.29) is 40.3 Å². The Morgan fingerprint density at radius 1 is 1.18 bits per heavy atom. The van der Waals surface area contributed by atoms with E-state index in [0.717, 1.165) is 0 Å². The number of sulfonamides is 1. The van der Waals surface area contributed by atoms with E-state index in [2.05, 4.69) is 26.0 Å². The number of non-ortho nitro benzene ring substituents is 1. The van der Waals surface area contributed by atoms with Crippen LogP contribution in [0.15, 0.2) is 51.8 Å². The fourth-order valence-electron chi connectivity index (χ4n) is 2.23. The van der Waals surface area contributed by atoms with Crippen LogP contribution in [0.4, 0.5) is 11.4 Å². The molecule has 0 amide bonds. The molecular weight excluding hydrogens is 454 g/mol. The highest BCUT2D eigenvalue weighted by Gasteiger charge is 2.19. The van der Waals surface area contributed by atoms with Gasteiger partial charge in [0, 0.05) is 35.4 Å². The molecule has 0 unspecified atom stereocenters. The number of nitrogens with zero attached hydrogens (tertiary/aromatic N) is 1. The number of benzene rings is 2. The normalized spacial score (nSPS) is 11.1. The first kappa shape index (κ1) is 21.8. The highest BCUT2D eigenvalue weighted by atomic mass is 79.9. The molecule has 0 atom stereocenters. The molecule has 11 heteroatoms. The molecule has 150 valence electrons. The number of nitrogens with one attached hydrogen (secondary N) is 2. The number of carbonyl (C=O) groups excluding carboxylic acids is 1. The van der Waals surface area contributed by atoms with Crippen molar-refractivity contribution in [2.24, 2.45) is 0 Å². The lowest BCUT2D eigenvalue weighted by Gasteiger charge is -2.11. The first-order chi connectivity index (χ1) is 13.2. The van der Waals surface area contributed by atoms with Gasteiger partial charge in [-0.2, -0.15) is 0 Å². The first-order valence-corrected chi connectivity index (χ1v) is 10.5. The predicted octanol–water partition coefficient (Wildman–Crippen LogP) is 2.92. The lowest BCUT2D eigenvalue weighted by atomic mass is 10.2. The van der Waals surface area contributed by atoms with Crippen LogP contribution < -0.4 is 10.0 Å². The number of ether oxygens (including phenoxy) is 1. The van der Waals surface area contributed by atoms with Crippen LogP contribution in [0.25, 0.3) is 0 Å². The summed E-state index contributed by atoms with van der Waals surface area (Å²) in [6.07, 6.45) is 0. The van der Waals surface area contributed by atoms with Crippen LogP contribution in [-0.2, 0) is 14.8 Å². The molecule has 0 saturated carbocycles. The van der Waals surface area contributed by atoms with E-state index in [4.69, 9.17) is 4.74 Å². The van der Waals surface area contributed by atoms with Gasteiger partial charge in [-0.05, 0) is 53.2 Å². The third-order valence-corrected chi connectivity index (χ3v) is 5.99. The second kappa shape index (κ2) is 9.62. The molecule has 2 aromatic carbocycles. The lowest BCUT2D eigenvalue weighted by molar-refractivity contribution is -0.384. The predicted molar refractivity (Wildman–Crippen MR) is 107 cm³/mol. The molecule has 0 aliphatic rings. The Bertz CT molecular complexity index is 963. The van der Waals surface area contributed by atoms with Gasteiger partial charge in [-0.15, -0.1) is 0 Å². The minimum absolute atomic E-state index is 0.00381. The van der Waals surface area contributed by atoms with Gasteiger partial charge < -0.3 is 10.1 Å². The Morgan fingerprint density at radius 2 is 1.86 bits per heavy atom. The fraction of sp³-hybridized carbons (Fsp3) is 0.235. The molecule has 28 heavy (non-hydrogen) atoms. The summed E-state index contributed by atoms with van der Waals surface area (Å²) in [5, 5.41) is 13.6. The Kier molecular flexibility index (Phi) is 7.49. The van der Waals surface area contributed by atoms with Crippen molar-refractivity contribution >= 4 is 43.3 Å². The number of hydrogen-bond acceptors (Lipinski definition) is 7. The Balaban J connectivity index is 1.94. The molecule has 0 aliphatic heterocycles. The quantitative estimate of drug-likeness (QED) is 0.249. The maximum absolute atomic E-state index is 12.4. The zero-order valence-corrected chi connectivity index (χ0v) is 17.2. The fourth-order valence-corrected chi connectivity index (χ4v) is 4.34. The number of nitro groups is 1. The van der Waals surface area contributed by atoms with Crippen LogP contribution in [0.5, 0.6) is 0 Å². The molecule has 2 N–H and O–H groups in total. The maximum atomic E-state index is 12.4. The second-order valence-corrected chi connectivity index (χ2v) is 8.08. The molecular formula is C17H18BrN3O6S. The van der Waals surface area contributed by atoms with Gasteiger partial charge in [0.15, 0.2) is 0 Å². The summed E-state index contributed by atoms with van der Waals surface area (Å²) < 4.78 is 32.4. The van der Waals surface area contributed by atoms with E-state index >= 15 is 0 Å². The van der Waals surface area contributed by atoms with Crippen LogP contribution >= 0.6 is 15.9 Å². The maximum Gasteiger partial charge on any atom is 0.338 e. The summed E-state index contributed by atoms with van der Waals surface area (Å²) in [5.74, 6) is -0.535. The van der Waals surface area contributed by atoms with Gasteiger partial charge in [0.2, 0.25) is 10.0 Å². The van der Waals surface area contributed by atoms with Crippen LogP contribution in [0.2, 0.25) is 0 Å². The number of halogens is 1. The van der Waals surface area contributed by atoms with E-state index < -0.39 is 20.9 Å². The number of rotatable bonds is 9. The summed E-state index contributed by atoms with van der Waals surface area (Å²) >= 11 is 3.17. The van der Waals surface area contributed by atoms with Crippen molar-refractivity contribution in [3.63, 3.8) is 0 Å². The molecule has 0 radical (unpaired) electrons. The second-order valence-electron chi connectivity index (χ2n) is 5.49. The van der Waals surface area contributed by atoms with Crippen molar-refractivity contribution in [2.75, 3.05) is 25.0 Å². The summed E-state index contributed by atoms with van der Waals surface area (Å²) in [5.41, 5.74) is 0.847. The summed E-state index contributed by atoms with van der Waals surface area (Å²) in [7, 11) is -3.80. The van der Waals surface area contributed by atoms with Crippen LogP contribution in [-0.4, -0.2) is 39.0 Å². The summed E-state index contributed by atoms with van der Waals surface area (Å²) in [4.78, 5) is 21.8. The minimum atomic E-state index is -3.80. The van der Waals surface area contributed by atoms with E-state index in [1.54, 1.807) is 6.92 Å². The zero-order valence-electron chi connectivity index (χ0n) is 14.8. The SMILES string of the molecule is CCOC(=O)c1ccc(S(=O)(=O)NCCNc2ccc([N+](=O)[O-])cc2)c(Br)c1. The average molecular weight is 472 g/mol.